The van der Waals surface area contributed by atoms with Gasteiger partial charge in [0.2, 0.25) is 5.91 Å². The lowest BCUT2D eigenvalue weighted by Gasteiger charge is -2.24. The number of aryl methyl sites for hydroxylation is 4. The Kier molecular flexibility index (Phi) is 16.0. The first-order valence-corrected chi connectivity index (χ1v) is 26.6. The van der Waals surface area contributed by atoms with E-state index in [9.17, 15) is 14.4 Å². The molecule has 11 rings (SSSR count). The minimum absolute atomic E-state index is 0.0317. The molecule has 1 aliphatic carbocycles. The molecule has 7 heterocycles. The number of amides is 2. The van der Waals surface area contributed by atoms with Crippen LogP contribution in [-0.2, 0) is 68.1 Å². The molecule has 2 N–H and O–H groups in total. The van der Waals surface area contributed by atoms with Crippen molar-refractivity contribution in [3.8, 4) is 0 Å². The normalized spacial score (nSPS) is 16.2. The van der Waals surface area contributed by atoms with Crippen LogP contribution in [0.5, 0.6) is 0 Å². The van der Waals surface area contributed by atoms with Gasteiger partial charge in [-0.1, -0.05) is 47.7 Å². The molecule has 72 heavy (non-hydrogen) atoms. The van der Waals surface area contributed by atoms with E-state index in [1.54, 1.807) is 25.4 Å². The lowest BCUT2D eigenvalue weighted by atomic mass is 10.0. The summed E-state index contributed by atoms with van der Waals surface area (Å²) >= 11 is 6.16. The van der Waals surface area contributed by atoms with Gasteiger partial charge in [0.15, 0.2) is 0 Å². The third-order valence-corrected chi connectivity index (χ3v) is 15.8. The maximum Gasteiger partial charge on any atom is 0.251 e. The molecular weight excluding hydrogens is 918 g/mol. The van der Waals surface area contributed by atoms with Gasteiger partial charge >= 0.3 is 0 Å². The van der Waals surface area contributed by atoms with Gasteiger partial charge in [-0.3, -0.25) is 19.4 Å². The highest BCUT2D eigenvalue weighted by molar-refractivity contribution is 6.31. The maximum atomic E-state index is 12.5. The Balaban J connectivity index is 0.000000135. The van der Waals surface area contributed by atoms with Gasteiger partial charge in [-0.25, -0.2) is 0 Å². The largest absolute Gasteiger partial charge is 0.354 e. The van der Waals surface area contributed by atoms with Gasteiger partial charge < -0.3 is 39.0 Å². The van der Waals surface area contributed by atoms with Crippen molar-refractivity contribution >= 4 is 61.9 Å². The van der Waals surface area contributed by atoms with Crippen molar-refractivity contribution in [1.82, 2.24) is 44.0 Å². The highest BCUT2D eigenvalue weighted by Crippen LogP contribution is 2.35. The fourth-order valence-corrected chi connectivity index (χ4v) is 11.9. The summed E-state index contributed by atoms with van der Waals surface area (Å²) in [6, 6.07) is 21.3. The summed E-state index contributed by atoms with van der Waals surface area (Å²) in [6.45, 7) is 17.9. The predicted octanol–water partition coefficient (Wildman–Crippen LogP) is 9.58. The van der Waals surface area contributed by atoms with E-state index in [-0.39, 0.29) is 23.5 Å². The molecule has 4 aromatic heterocycles. The first kappa shape index (κ1) is 51.1. The number of fused-ring (bicyclic) bond motifs is 9. The van der Waals surface area contributed by atoms with Crippen LogP contribution in [0.2, 0.25) is 5.02 Å². The molecule has 3 aromatic carbocycles. The Bertz CT molecular complexity index is 3120. The second-order valence-electron chi connectivity index (χ2n) is 21.1. The predicted molar refractivity (Wildman–Crippen MR) is 292 cm³/mol. The molecule has 0 radical (unpaired) electrons. The van der Waals surface area contributed by atoms with Gasteiger partial charge in [-0.05, 0) is 132 Å². The van der Waals surface area contributed by atoms with E-state index in [1.165, 1.54) is 90.4 Å². The Hall–Kier alpha value is -5.79. The number of benzene rings is 3. The summed E-state index contributed by atoms with van der Waals surface area (Å²) in [4.78, 5) is 47.2. The molecule has 13 heteroatoms. The van der Waals surface area contributed by atoms with Crippen LogP contribution in [0.15, 0.2) is 73.1 Å². The topological polar surface area (TPSA) is 113 Å². The molecule has 3 aliphatic heterocycles. The van der Waals surface area contributed by atoms with Gasteiger partial charge in [0.05, 0.1) is 0 Å². The highest BCUT2D eigenvalue weighted by atomic mass is 35.5. The number of nitrogens with zero attached hydrogens (tertiary/aromatic N) is 7. The number of hydrogen-bond acceptors (Lipinski definition) is 7. The average molecular weight is 993 g/mol. The van der Waals surface area contributed by atoms with E-state index in [0.717, 1.165) is 108 Å². The molecule has 4 aliphatic rings. The molecule has 12 nitrogen and oxygen atoms in total. The molecule has 0 unspecified atom stereocenters. The van der Waals surface area contributed by atoms with Crippen LogP contribution in [0, 0.1) is 26.7 Å². The van der Waals surface area contributed by atoms with Crippen molar-refractivity contribution in [1.29, 1.82) is 0 Å². The molecular formula is C59H74ClN9O3. The van der Waals surface area contributed by atoms with E-state index < -0.39 is 0 Å². The molecule has 0 saturated heterocycles. The first-order chi connectivity index (χ1) is 34.7. The summed E-state index contributed by atoms with van der Waals surface area (Å²) in [5, 5.41) is 11.0. The number of carbonyl (C=O) groups is 3. The quantitative estimate of drug-likeness (QED) is 0.133. The SMILES string of the molecule is CC(=O)CCn1c2c(c3cc(Cl)ccc31)CN(C)CC2.Cc1ccc2c(c1)c1c(n2CCNC(=O)C2CCCC2)CCN(C)C1.Cc1ccc2c(c1)c1c(n2CCNC(=O)c2ccncc2C)CCN(C)C1. The van der Waals surface area contributed by atoms with Crippen LogP contribution >= 0.6 is 11.6 Å². The Labute approximate surface area is 430 Å². The van der Waals surface area contributed by atoms with Crippen LogP contribution in [0.3, 0.4) is 0 Å². The molecule has 1 fully saturated rings. The van der Waals surface area contributed by atoms with Crippen molar-refractivity contribution in [3.63, 3.8) is 0 Å². The Morgan fingerprint density at radius 2 is 1.10 bits per heavy atom. The van der Waals surface area contributed by atoms with E-state index in [0.29, 0.717) is 18.5 Å². The molecule has 7 aromatic rings. The Morgan fingerprint density at radius 1 is 0.625 bits per heavy atom. The maximum absolute atomic E-state index is 12.5. The van der Waals surface area contributed by atoms with Crippen molar-refractivity contribution in [2.45, 2.75) is 118 Å². The van der Waals surface area contributed by atoms with E-state index in [1.807, 2.05) is 13.0 Å². The molecule has 0 atom stereocenters. The van der Waals surface area contributed by atoms with Crippen molar-refractivity contribution in [3.05, 3.63) is 134 Å². The van der Waals surface area contributed by atoms with E-state index >= 15 is 0 Å². The van der Waals surface area contributed by atoms with Gasteiger partial charge in [0, 0.05) is 176 Å². The third-order valence-electron chi connectivity index (χ3n) is 15.5. The number of halogens is 1. The number of ketones is 1. The van der Waals surface area contributed by atoms with Crippen LogP contribution < -0.4 is 10.6 Å². The smallest absolute Gasteiger partial charge is 0.251 e. The fraction of sp³-hybridized carbons (Fsp3) is 0.458. The van der Waals surface area contributed by atoms with Crippen molar-refractivity contribution in [2.75, 3.05) is 53.9 Å². The lowest BCUT2D eigenvalue weighted by molar-refractivity contribution is -0.124. The summed E-state index contributed by atoms with van der Waals surface area (Å²) in [7, 11) is 6.52. The van der Waals surface area contributed by atoms with Crippen LogP contribution in [-0.4, -0.2) is 105 Å². The number of carbonyl (C=O) groups excluding carboxylic acids is 3. The van der Waals surface area contributed by atoms with Gasteiger partial charge in [-0.15, -0.1) is 0 Å². The standard InChI is InChI=1S/C22H26N4O.C21H29N3O.C16H19ClN2O/c1-15-4-5-20-18(12-15)19-14-25(3)10-7-21(19)26(20)11-9-24-22(27)17-6-8-23-13-16(17)2;1-15-7-8-19-17(13-15)18-14-23(2)11-9-20(18)24(19)12-10-22-21(25)16-5-3-4-6-16;1-11(20)5-8-19-15-4-3-12(17)9-13(15)14-10-18(2)7-6-16(14)19/h4-6,8,12-13H,7,9-11,14H2,1-3H3,(H,24,27);7-8,13,16H,3-6,9-12,14H2,1-2H3,(H,22,25);3-4,9H,5-8,10H2,1-2H3. The van der Waals surface area contributed by atoms with Crippen molar-refractivity contribution in [2.24, 2.45) is 5.92 Å². The number of nitrogens with one attached hydrogen (secondary N) is 2. The van der Waals surface area contributed by atoms with E-state index in [2.05, 4.69) is 128 Å². The van der Waals surface area contributed by atoms with Gasteiger partial charge in [0.25, 0.3) is 5.91 Å². The summed E-state index contributed by atoms with van der Waals surface area (Å²) in [5.74, 6) is 0.725. The number of aromatic nitrogens is 4. The average Bonchev–Trinajstić information content (AvgIpc) is 4.14. The van der Waals surface area contributed by atoms with Crippen LogP contribution in [0.25, 0.3) is 32.7 Å². The van der Waals surface area contributed by atoms with Crippen molar-refractivity contribution < 1.29 is 14.4 Å². The van der Waals surface area contributed by atoms with Gasteiger partial charge in [0.1, 0.15) is 5.78 Å². The summed E-state index contributed by atoms with van der Waals surface area (Å²) in [5.41, 5.74) is 16.6. The fourth-order valence-electron chi connectivity index (χ4n) is 11.7. The zero-order valence-electron chi connectivity index (χ0n) is 43.7. The zero-order chi connectivity index (χ0) is 50.6. The lowest BCUT2D eigenvalue weighted by Crippen LogP contribution is -2.33. The molecule has 0 bridgehead atoms. The summed E-state index contributed by atoms with van der Waals surface area (Å²) < 4.78 is 7.16. The second kappa shape index (κ2) is 22.5. The number of rotatable bonds is 11. The zero-order valence-corrected chi connectivity index (χ0v) is 44.4. The number of pyridine rings is 1. The monoisotopic (exact) mass is 992 g/mol. The summed E-state index contributed by atoms with van der Waals surface area (Å²) in [6.07, 6.45) is 11.7. The first-order valence-electron chi connectivity index (χ1n) is 26.3. The van der Waals surface area contributed by atoms with Crippen LogP contribution in [0.1, 0.15) is 99.8 Å². The second-order valence-corrected chi connectivity index (χ2v) is 21.5. The molecule has 1 saturated carbocycles. The molecule has 380 valence electrons. The van der Waals surface area contributed by atoms with E-state index in [4.69, 9.17) is 11.6 Å². The number of likely N-dealkylation sites (N-methyl/N-ethyl adjacent to an activating group) is 3. The van der Waals surface area contributed by atoms with Gasteiger partial charge in [-0.2, -0.15) is 0 Å². The number of Topliss-reactive ketones (excluding diaryl/α,β-unsaturated/α-hetero) is 1. The van der Waals surface area contributed by atoms with Crippen LogP contribution in [0.4, 0.5) is 0 Å². The number of hydrogen-bond donors (Lipinski definition) is 2. The Morgan fingerprint density at radius 3 is 1.60 bits per heavy atom. The molecule has 0 spiro atoms. The minimum atomic E-state index is -0.0317. The minimum Gasteiger partial charge on any atom is -0.354 e. The highest BCUT2D eigenvalue weighted by Gasteiger charge is 2.26. The third kappa shape index (κ3) is 11.2. The molecule has 2 amide bonds.